The Hall–Kier alpha value is -2.95. The van der Waals surface area contributed by atoms with Crippen LogP contribution in [0.5, 0.6) is 0 Å². The Kier molecular flexibility index (Phi) is 5.23. The Morgan fingerprint density at radius 1 is 1.08 bits per heavy atom. The second-order valence-electron chi connectivity index (χ2n) is 6.10. The number of rotatable bonds is 6. The van der Waals surface area contributed by atoms with Crippen molar-refractivity contribution >= 4 is 22.7 Å². The number of hydrogen-bond donors (Lipinski definition) is 1. The van der Waals surface area contributed by atoms with E-state index in [-0.39, 0.29) is 24.7 Å². The van der Waals surface area contributed by atoms with Crippen LogP contribution < -0.4 is 5.32 Å². The number of hydrogen-bond acceptors (Lipinski definition) is 3. The first-order valence-corrected chi connectivity index (χ1v) is 8.42. The summed E-state index contributed by atoms with van der Waals surface area (Å²) in [5.41, 5.74) is 3.08. The van der Waals surface area contributed by atoms with Gasteiger partial charge in [-0.2, -0.15) is 5.10 Å². The highest BCUT2D eigenvalue weighted by molar-refractivity contribution is 5.92. The average molecular weight is 335 g/mol. The summed E-state index contributed by atoms with van der Waals surface area (Å²) in [6.45, 7) is 2.57. The van der Waals surface area contributed by atoms with E-state index in [1.54, 1.807) is 6.20 Å². The molecular weight excluding hydrogens is 314 g/mol. The second-order valence-corrected chi connectivity index (χ2v) is 6.10. The number of nitrogens with one attached hydrogen (secondary N) is 1. The summed E-state index contributed by atoms with van der Waals surface area (Å²) in [7, 11) is 0. The summed E-state index contributed by atoms with van der Waals surface area (Å²) >= 11 is 0. The summed E-state index contributed by atoms with van der Waals surface area (Å²) in [6.07, 6.45) is 2.77. The molecule has 25 heavy (non-hydrogen) atoms. The van der Waals surface area contributed by atoms with E-state index in [2.05, 4.69) is 10.4 Å². The molecule has 0 radical (unpaired) electrons. The van der Waals surface area contributed by atoms with E-state index in [4.69, 9.17) is 0 Å². The lowest BCUT2D eigenvalue weighted by Crippen LogP contribution is -2.26. The molecule has 5 nitrogen and oxygen atoms in total. The van der Waals surface area contributed by atoms with Crippen LogP contribution in [0.15, 0.2) is 54.7 Å². The van der Waals surface area contributed by atoms with Gasteiger partial charge in [0.15, 0.2) is 0 Å². The molecule has 0 atom stereocenters. The Balaban J connectivity index is 1.49. The van der Waals surface area contributed by atoms with Gasteiger partial charge >= 0.3 is 0 Å². The van der Waals surface area contributed by atoms with E-state index in [0.717, 1.165) is 22.9 Å². The third kappa shape index (κ3) is 4.32. The maximum atomic E-state index is 12.3. The highest BCUT2D eigenvalue weighted by Crippen LogP contribution is 2.16. The molecule has 3 aromatic rings. The molecule has 1 aromatic heterocycles. The summed E-state index contributed by atoms with van der Waals surface area (Å²) in [4.78, 5) is 24.2. The van der Waals surface area contributed by atoms with E-state index in [0.29, 0.717) is 6.54 Å². The smallest absolute Gasteiger partial charge is 0.247 e. The first kappa shape index (κ1) is 16.9. The number of carbonyl (C=O) groups is 2. The number of amides is 1. The van der Waals surface area contributed by atoms with Crippen LogP contribution in [0, 0.1) is 6.92 Å². The fourth-order valence-electron chi connectivity index (χ4n) is 2.76. The van der Waals surface area contributed by atoms with Gasteiger partial charge in [0.25, 0.3) is 0 Å². The van der Waals surface area contributed by atoms with Crippen LogP contribution >= 0.6 is 0 Å². The lowest BCUT2D eigenvalue weighted by Gasteiger charge is -2.06. The van der Waals surface area contributed by atoms with Crippen LogP contribution in [0.2, 0.25) is 0 Å². The maximum Gasteiger partial charge on any atom is 0.247 e. The van der Waals surface area contributed by atoms with Crippen molar-refractivity contribution in [1.82, 2.24) is 15.1 Å². The molecule has 0 bridgehead atoms. The molecule has 1 N–H and O–H groups in total. The van der Waals surface area contributed by atoms with Gasteiger partial charge in [0, 0.05) is 24.8 Å². The lowest BCUT2D eigenvalue weighted by molar-refractivity contribution is -0.121. The van der Waals surface area contributed by atoms with Gasteiger partial charge in [-0.1, -0.05) is 42.0 Å². The molecule has 0 saturated heterocycles. The molecule has 128 valence electrons. The molecule has 3 rings (SSSR count). The largest absolute Gasteiger partial charge is 0.356 e. The molecule has 0 aliphatic carbocycles. The van der Waals surface area contributed by atoms with Crippen LogP contribution in [0.4, 0.5) is 0 Å². The van der Waals surface area contributed by atoms with Crippen molar-refractivity contribution in [3.8, 4) is 0 Å². The Bertz CT molecular complexity index is 884. The minimum absolute atomic E-state index is 0.114. The van der Waals surface area contributed by atoms with Crippen molar-refractivity contribution in [2.24, 2.45) is 0 Å². The average Bonchev–Trinajstić information content (AvgIpc) is 3.03. The van der Waals surface area contributed by atoms with Gasteiger partial charge in [-0.3, -0.25) is 9.59 Å². The monoisotopic (exact) mass is 335 g/mol. The number of aromatic nitrogens is 2. The summed E-state index contributed by atoms with van der Waals surface area (Å²) in [5, 5.41) is 7.94. The number of aryl methyl sites for hydroxylation is 1. The van der Waals surface area contributed by atoms with Crippen LogP contribution in [-0.4, -0.2) is 28.1 Å². The minimum Gasteiger partial charge on any atom is -0.356 e. The molecule has 2 aromatic carbocycles. The predicted octanol–water partition coefficient (Wildman–Crippen LogP) is 3.12. The fourth-order valence-corrected chi connectivity index (χ4v) is 2.76. The number of benzene rings is 2. The summed E-state index contributed by atoms with van der Waals surface area (Å²) in [6, 6.07) is 15.8. The molecule has 0 aliphatic rings. The highest BCUT2D eigenvalue weighted by atomic mass is 16.2. The predicted molar refractivity (Wildman–Crippen MR) is 97.5 cm³/mol. The molecule has 0 aliphatic heterocycles. The van der Waals surface area contributed by atoms with E-state index in [9.17, 15) is 9.59 Å². The van der Waals surface area contributed by atoms with Gasteiger partial charge in [-0.25, -0.2) is 4.68 Å². The molecule has 1 amide bonds. The first-order chi connectivity index (χ1) is 12.1. The van der Waals surface area contributed by atoms with Crippen molar-refractivity contribution in [2.45, 2.75) is 26.2 Å². The molecule has 5 heteroatoms. The first-order valence-electron chi connectivity index (χ1n) is 8.42. The Morgan fingerprint density at radius 3 is 2.68 bits per heavy atom. The number of nitrogens with zero attached hydrogens (tertiary/aromatic N) is 2. The summed E-state index contributed by atoms with van der Waals surface area (Å²) in [5.74, 6) is -0.284. The van der Waals surface area contributed by atoms with Crippen LogP contribution in [0.3, 0.4) is 0 Å². The normalized spacial score (nSPS) is 10.8. The molecule has 1 heterocycles. The van der Waals surface area contributed by atoms with Gasteiger partial charge in [0.1, 0.15) is 0 Å². The topological polar surface area (TPSA) is 64.0 Å². The van der Waals surface area contributed by atoms with Crippen molar-refractivity contribution in [1.29, 1.82) is 0 Å². The highest BCUT2D eigenvalue weighted by Gasteiger charge is 2.12. The molecule has 0 spiro atoms. The Labute approximate surface area is 146 Å². The van der Waals surface area contributed by atoms with E-state index >= 15 is 0 Å². The number of carbonyl (C=O) groups excluding carboxylic acids is 2. The van der Waals surface area contributed by atoms with Gasteiger partial charge in [0.05, 0.1) is 11.7 Å². The molecule has 0 saturated carbocycles. The van der Waals surface area contributed by atoms with Crippen molar-refractivity contribution in [3.63, 3.8) is 0 Å². The van der Waals surface area contributed by atoms with Crippen molar-refractivity contribution in [2.75, 3.05) is 6.54 Å². The van der Waals surface area contributed by atoms with Gasteiger partial charge in [-0.05, 0) is 31.0 Å². The van der Waals surface area contributed by atoms with Gasteiger partial charge < -0.3 is 5.32 Å². The second kappa shape index (κ2) is 7.75. The Morgan fingerprint density at radius 2 is 1.88 bits per heavy atom. The lowest BCUT2D eigenvalue weighted by atomic mass is 10.1. The van der Waals surface area contributed by atoms with Crippen molar-refractivity contribution < 1.29 is 9.59 Å². The van der Waals surface area contributed by atoms with Crippen LogP contribution in [0.1, 0.15) is 28.8 Å². The molecule has 0 fully saturated rings. The minimum atomic E-state index is -0.169. The third-order valence-corrected chi connectivity index (χ3v) is 4.10. The van der Waals surface area contributed by atoms with Gasteiger partial charge in [0.2, 0.25) is 11.8 Å². The molecule has 0 unspecified atom stereocenters. The van der Waals surface area contributed by atoms with E-state index in [1.807, 2.05) is 55.5 Å². The zero-order valence-corrected chi connectivity index (χ0v) is 14.2. The molecular formula is C20H21N3O2. The zero-order valence-electron chi connectivity index (χ0n) is 14.2. The van der Waals surface area contributed by atoms with Crippen LogP contribution in [0.25, 0.3) is 10.9 Å². The number of fused-ring (bicyclic) bond motifs is 1. The van der Waals surface area contributed by atoms with Gasteiger partial charge in [-0.15, -0.1) is 0 Å². The standard InChI is InChI=1S/C20H21N3O2/c1-15-7-8-18-17(13-15)14-22-23(18)20(25)10-9-19(24)21-12-11-16-5-3-2-4-6-16/h2-8,13-14H,9-12H2,1H3,(H,21,24). The van der Waals surface area contributed by atoms with E-state index < -0.39 is 0 Å². The van der Waals surface area contributed by atoms with Crippen molar-refractivity contribution in [3.05, 3.63) is 65.9 Å². The maximum absolute atomic E-state index is 12.3. The zero-order chi connectivity index (χ0) is 17.6. The van der Waals surface area contributed by atoms with E-state index in [1.165, 1.54) is 10.2 Å². The van der Waals surface area contributed by atoms with Crippen LogP contribution in [-0.2, 0) is 11.2 Å². The summed E-state index contributed by atoms with van der Waals surface area (Å²) < 4.78 is 1.38. The third-order valence-electron chi connectivity index (χ3n) is 4.10. The fraction of sp³-hybridized carbons (Fsp3) is 0.250. The quantitative estimate of drug-likeness (QED) is 0.753. The SMILES string of the molecule is Cc1ccc2c(cnn2C(=O)CCC(=O)NCCc2ccccc2)c1.